The molecule has 0 spiro atoms. The van der Waals surface area contributed by atoms with Crippen molar-refractivity contribution in [1.82, 2.24) is 10.5 Å². The summed E-state index contributed by atoms with van der Waals surface area (Å²) in [6, 6.07) is 2.32. The van der Waals surface area contributed by atoms with Gasteiger partial charge in [0.05, 0.1) is 23.1 Å². The zero-order chi connectivity index (χ0) is 14.7. The summed E-state index contributed by atoms with van der Waals surface area (Å²) in [6.07, 6.45) is 1.29. The Morgan fingerprint density at radius 2 is 2.15 bits per heavy atom. The van der Waals surface area contributed by atoms with Crippen molar-refractivity contribution in [3.63, 3.8) is 0 Å². The van der Waals surface area contributed by atoms with E-state index in [1.807, 2.05) is 0 Å². The number of rotatable bonds is 4. The summed E-state index contributed by atoms with van der Waals surface area (Å²) in [5, 5.41) is 16.2. The van der Waals surface area contributed by atoms with Gasteiger partial charge in [-0.15, -0.1) is 0 Å². The van der Waals surface area contributed by atoms with Crippen LogP contribution in [0.1, 0.15) is 16.1 Å². The molecule has 0 aliphatic rings. The predicted octanol–water partition coefficient (Wildman–Crippen LogP) is 1.79. The molecule has 1 heterocycles. The average Bonchev–Trinajstić information content (AvgIpc) is 2.91. The van der Waals surface area contributed by atoms with Crippen LogP contribution in [0.3, 0.4) is 0 Å². The molecule has 0 saturated carbocycles. The minimum absolute atomic E-state index is 0.0482. The number of amides is 1. The second-order valence-corrected chi connectivity index (χ2v) is 3.71. The molecule has 0 radical (unpaired) electrons. The van der Waals surface area contributed by atoms with Crippen LogP contribution >= 0.6 is 0 Å². The number of hydrogen-bond acceptors (Lipinski definition) is 5. The molecule has 7 nitrogen and oxygen atoms in total. The van der Waals surface area contributed by atoms with Crippen molar-refractivity contribution < 1.29 is 23.0 Å². The van der Waals surface area contributed by atoms with Crippen LogP contribution in [0.4, 0.5) is 14.5 Å². The van der Waals surface area contributed by atoms with Gasteiger partial charge in [-0.25, -0.2) is 4.39 Å². The molecule has 0 saturated heterocycles. The van der Waals surface area contributed by atoms with E-state index in [-0.39, 0.29) is 6.54 Å². The third-order valence-corrected chi connectivity index (χ3v) is 2.40. The smallest absolute Gasteiger partial charge is 0.307 e. The molecule has 0 aliphatic carbocycles. The Morgan fingerprint density at radius 1 is 1.40 bits per heavy atom. The van der Waals surface area contributed by atoms with E-state index in [1.165, 1.54) is 12.3 Å². The van der Waals surface area contributed by atoms with Gasteiger partial charge in [0.1, 0.15) is 17.8 Å². The molecule has 2 aromatic rings. The largest absolute Gasteiger partial charge is 0.364 e. The first kappa shape index (κ1) is 13.6. The van der Waals surface area contributed by atoms with Crippen LogP contribution < -0.4 is 5.32 Å². The van der Waals surface area contributed by atoms with E-state index in [0.717, 1.165) is 0 Å². The second-order valence-electron chi connectivity index (χ2n) is 3.71. The Labute approximate surface area is 110 Å². The SMILES string of the molecule is O=C(NCc1ccon1)c1cc(F)c([N+](=O)[O-])cc1F. The van der Waals surface area contributed by atoms with Gasteiger partial charge in [0.2, 0.25) is 5.82 Å². The molecular formula is C11H7F2N3O4. The maximum atomic E-state index is 13.5. The molecule has 104 valence electrons. The molecule has 0 unspecified atom stereocenters. The van der Waals surface area contributed by atoms with Crippen LogP contribution in [0.25, 0.3) is 0 Å². The Hall–Kier alpha value is -2.84. The van der Waals surface area contributed by atoms with E-state index in [1.54, 1.807) is 0 Å². The first-order chi connectivity index (χ1) is 9.49. The van der Waals surface area contributed by atoms with Crippen molar-refractivity contribution in [3.05, 3.63) is 57.5 Å². The number of carbonyl (C=O) groups is 1. The van der Waals surface area contributed by atoms with E-state index in [2.05, 4.69) is 15.0 Å². The van der Waals surface area contributed by atoms with Crippen molar-refractivity contribution in [3.8, 4) is 0 Å². The topological polar surface area (TPSA) is 98.3 Å². The van der Waals surface area contributed by atoms with E-state index >= 15 is 0 Å². The van der Waals surface area contributed by atoms with Gasteiger partial charge in [-0.05, 0) is 6.07 Å². The molecule has 9 heteroatoms. The molecular weight excluding hydrogens is 276 g/mol. The van der Waals surface area contributed by atoms with E-state index < -0.39 is 33.7 Å². The molecule has 0 atom stereocenters. The number of nitrogens with one attached hydrogen (secondary N) is 1. The summed E-state index contributed by atoms with van der Waals surface area (Å²) < 4.78 is 31.4. The maximum absolute atomic E-state index is 13.5. The molecule has 20 heavy (non-hydrogen) atoms. The number of hydrogen-bond donors (Lipinski definition) is 1. The molecule has 0 fully saturated rings. The Kier molecular flexibility index (Phi) is 3.69. The standard InChI is InChI=1S/C11H7F2N3O4/c12-8-4-10(16(18)19)9(13)3-7(8)11(17)14-5-6-1-2-20-15-6/h1-4H,5H2,(H,14,17). The number of nitro benzene ring substituents is 1. The average molecular weight is 283 g/mol. The van der Waals surface area contributed by atoms with Gasteiger partial charge in [0.25, 0.3) is 5.91 Å². The summed E-state index contributed by atoms with van der Waals surface area (Å²) in [5.41, 5.74) is -1.27. The lowest BCUT2D eigenvalue weighted by Crippen LogP contribution is -2.24. The van der Waals surface area contributed by atoms with Crippen LogP contribution in [0.2, 0.25) is 0 Å². The number of nitro groups is 1. The fraction of sp³-hybridized carbons (Fsp3) is 0.0909. The molecule has 1 aromatic heterocycles. The Morgan fingerprint density at radius 3 is 2.75 bits per heavy atom. The highest BCUT2D eigenvalue weighted by Crippen LogP contribution is 2.21. The highest BCUT2D eigenvalue weighted by molar-refractivity contribution is 5.94. The van der Waals surface area contributed by atoms with Crippen molar-refractivity contribution in [2.45, 2.75) is 6.54 Å². The highest BCUT2D eigenvalue weighted by atomic mass is 19.1. The first-order valence-electron chi connectivity index (χ1n) is 5.30. The lowest BCUT2D eigenvalue weighted by molar-refractivity contribution is -0.387. The Bertz CT molecular complexity index is 658. The van der Waals surface area contributed by atoms with E-state index in [0.29, 0.717) is 17.8 Å². The normalized spacial score (nSPS) is 10.3. The number of benzene rings is 1. The number of aromatic nitrogens is 1. The molecule has 1 amide bonds. The summed E-state index contributed by atoms with van der Waals surface area (Å²) >= 11 is 0. The van der Waals surface area contributed by atoms with Crippen LogP contribution in [-0.2, 0) is 6.54 Å². The summed E-state index contributed by atoms with van der Waals surface area (Å²) in [7, 11) is 0. The maximum Gasteiger partial charge on any atom is 0.307 e. The van der Waals surface area contributed by atoms with Crippen molar-refractivity contribution in [1.29, 1.82) is 0 Å². The lowest BCUT2D eigenvalue weighted by atomic mass is 10.1. The third kappa shape index (κ3) is 2.76. The third-order valence-electron chi connectivity index (χ3n) is 2.40. The van der Waals surface area contributed by atoms with Crippen molar-refractivity contribution in [2.24, 2.45) is 0 Å². The van der Waals surface area contributed by atoms with Gasteiger partial charge in [-0.2, -0.15) is 4.39 Å². The molecule has 1 aromatic carbocycles. The van der Waals surface area contributed by atoms with Crippen molar-refractivity contribution >= 4 is 11.6 Å². The monoisotopic (exact) mass is 283 g/mol. The van der Waals surface area contributed by atoms with Crippen LogP contribution in [0.15, 0.2) is 29.0 Å². The predicted molar refractivity (Wildman–Crippen MR) is 60.7 cm³/mol. The van der Waals surface area contributed by atoms with Gasteiger partial charge in [0, 0.05) is 6.07 Å². The quantitative estimate of drug-likeness (QED) is 0.681. The second kappa shape index (κ2) is 5.43. The van der Waals surface area contributed by atoms with Crippen LogP contribution in [-0.4, -0.2) is 16.0 Å². The lowest BCUT2D eigenvalue weighted by Gasteiger charge is -2.04. The first-order valence-corrected chi connectivity index (χ1v) is 5.30. The van der Waals surface area contributed by atoms with E-state index in [4.69, 9.17) is 0 Å². The van der Waals surface area contributed by atoms with Gasteiger partial charge in [-0.3, -0.25) is 14.9 Å². The molecule has 1 N–H and O–H groups in total. The van der Waals surface area contributed by atoms with Gasteiger partial charge in [-0.1, -0.05) is 5.16 Å². The van der Waals surface area contributed by atoms with Crippen LogP contribution in [0, 0.1) is 21.7 Å². The summed E-state index contributed by atoms with van der Waals surface area (Å²) in [5.74, 6) is -3.39. The number of nitrogens with zero attached hydrogens (tertiary/aromatic N) is 2. The molecule has 0 aliphatic heterocycles. The van der Waals surface area contributed by atoms with Gasteiger partial charge in [0.15, 0.2) is 0 Å². The highest BCUT2D eigenvalue weighted by Gasteiger charge is 2.21. The Balaban J connectivity index is 2.17. The fourth-order valence-corrected chi connectivity index (χ4v) is 1.45. The van der Waals surface area contributed by atoms with Gasteiger partial charge < -0.3 is 9.84 Å². The van der Waals surface area contributed by atoms with Crippen LogP contribution in [0.5, 0.6) is 0 Å². The minimum Gasteiger partial charge on any atom is -0.364 e. The minimum atomic E-state index is -1.29. The number of carbonyl (C=O) groups excluding carboxylic acids is 1. The summed E-state index contributed by atoms with van der Waals surface area (Å²) in [6.45, 7) is -0.0482. The van der Waals surface area contributed by atoms with Gasteiger partial charge >= 0.3 is 5.69 Å². The zero-order valence-corrected chi connectivity index (χ0v) is 9.80. The zero-order valence-electron chi connectivity index (χ0n) is 9.80. The van der Waals surface area contributed by atoms with Crippen molar-refractivity contribution in [2.75, 3.05) is 0 Å². The molecule has 2 rings (SSSR count). The molecule has 0 bridgehead atoms. The fourth-order valence-electron chi connectivity index (χ4n) is 1.45. The van der Waals surface area contributed by atoms with E-state index in [9.17, 15) is 23.7 Å². The summed E-state index contributed by atoms with van der Waals surface area (Å²) in [4.78, 5) is 21.0. The number of halogens is 2.